The van der Waals surface area contributed by atoms with E-state index in [1.165, 1.54) is 6.33 Å². The monoisotopic (exact) mass is 207 g/mol. The molecule has 0 aromatic carbocycles. The second-order valence-electron chi connectivity index (χ2n) is 3.40. The third kappa shape index (κ3) is 4.44. The van der Waals surface area contributed by atoms with Crippen LogP contribution in [0.15, 0.2) is 24.5 Å². The summed E-state index contributed by atoms with van der Waals surface area (Å²) in [5, 5.41) is 3.13. The lowest BCUT2D eigenvalue weighted by atomic mass is 10.3. The first-order chi connectivity index (χ1) is 7.22. The van der Waals surface area contributed by atoms with Gasteiger partial charge in [0.25, 0.3) is 0 Å². The third-order valence-electron chi connectivity index (χ3n) is 1.67. The molecule has 1 heterocycles. The molecule has 0 bridgehead atoms. The predicted octanol–water partition coefficient (Wildman–Crippen LogP) is 2.25. The van der Waals surface area contributed by atoms with Gasteiger partial charge in [0.15, 0.2) is 0 Å². The van der Waals surface area contributed by atoms with Crippen molar-refractivity contribution in [3.63, 3.8) is 0 Å². The van der Waals surface area contributed by atoms with E-state index in [9.17, 15) is 0 Å². The second kappa shape index (κ2) is 6.01. The zero-order chi connectivity index (χ0) is 11.1. The Hall–Kier alpha value is -1.58. The van der Waals surface area contributed by atoms with Crippen molar-refractivity contribution in [3.05, 3.63) is 24.5 Å². The maximum atomic E-state index is 5.39. The molecule has 0 amide bonds. The summed E-state index contributed by atoms with van der Waals surface area (Å²) in [5.74, 6) is 1.37. The average Bonchev–Trinajstić information content (AvgIpc) is 2.24. The van der Waals surface area contributed by atoms with Crippen LogP contribution in [0.1, 0.15) is 20.3 Å². The van der Waals surface area contributed by atoms with Gasteiger partial charge in [-0.1, -0.05) is 19.1 Å². The third-order valence-corrected chi connectivity index (χ3v) is 1.67. The number of hydrogen-bond acceptors (Lipinski definition) is 4. The molecule has 0 saturated heterocycles. The fourth-order valence-corrected chi connectivity index (χ4v) is 0.963. The van der Waals surface area contributed by atoms with E-state index in [0.717, 1.165) is 17.8 Å². The summed E-state index contributed by atoms with van der Waals surface area (Å²) in [6.07, 6.45) is 2.46. The minimum Gasteiger partial charge on any atom is -0.478 e. The number of nitrogens with one attached hydrogen (secondary N) is 1. The van der Waals surface area contributed by atoms with Crippen molar-refractivity contribution >= 4 is 5.82 Å². The Kier molecular flexibility index (Phi) is 4.60. The van der Waals surface area contributed by atoms with Crippen molar-refractivity contribution in [1.29, 1.82) is 0 Å². The fourth-order valence-electron chi connectivity index (χ4n) is 0.963. The molecule has 0 aliphatic heterocycles. The second-order valence-corrected chi connectivity index (χ2v) is 3.40. The van der Waals surface area contributed by atoms with Crippen LogP contribution in [0.25, 0.3) is 0 Å². The highest BCUT2D eigenvalue weighted by Crippen LogP contribution is 2.11. The Morgan fingerprint density at radius 1 is 1.53 bits per heavy atom. The van der Waals surface area contributed by atoms with Crippen LogP contribution in [-0.4, -0.2) is 23.1 Å². The molecule has 0 aliphatic rings. The van der Waals surface area contributed by atoms with E-state index in [1.54, 1.807) is 6.07 Å². The zero-order valence-electron chi connectivity index (χ0n) is 9.29. The van der Waals surface area contributed by atoms with Gasteiger partial charge in [-0.2, -0.15) is 0 Å². The van der Waals surface area contributed by atoms with Crippen LogP contribution < -0.4 is 10.1 Å². The molecule has 1 aromatic heterocycles. The van der Waals surface area contributed by atoms with E-state index < -0.39 is 0 Å². The molecule has 0 spiro atoms. The van der Waals surface area contributed by atoms with E-state index in [-0.39, 0.29) is 0 Å². The lowest BCUT2D eigenvalue weighted by Gasteiger charge is -2.07. The SMILES string of the molecule is C=C(C)CNc1cc(OCCC)ncn1. The molecule has 0 fully saturated rings. The quantitative estimate of drug-likeness (QED) is 0.727. The van der Waals surface area contributed by atoms with Gasteiger partial charge in [0, 0.05) is 12.6 Å². The molecule has 4 heteroatoms. The topological polar surface area (TPSA) is 47.0 Å². The van der Waals surface area contributed by atoms with Crippen LogP contribution in [0.2, 0.25) is 0 Å². The minimum absolute atomic E-state index is 0.607. The van der Waals surface area contributed by atoms with Crippen molar-refractivity contribution in [2.24, 2.45) is 0 Å². The fraction of sp³-hybridized carbons (Fsp3) is 0.455. The largest absolute Gasteiger partial charge is 0.478 e. The summed E-state index contributed by atoms with van der Waals surface area (Å²) >= 11 is 0. The van der Waals surface area contributed by atoms with E-state index in [0.29, 0.717) is 19.0 Å². The van der Waals surface area contributed by atoms with Crippen LogP contribution in [-0.2, 0) is 0 Å². The van der Waals surface area contributed by atoms with E-state index in [2.05, 4.69) is 28.8 Å². The molecule has 1 rings (SSSR count). The molecule has 82 valence electrons. The first-order valence-electron chi connectivity index (χ1n) is 5.05. The molecule has 0 saturated carbocycles. The summed E-state index contributed by atoms with van der Waals surface area (Å²) in [4.78, 5) is 8.08. The Labute approximate surface area is 90.4 Å². The first kappa shape index (κ1) is 11.5. The Bertz CT molecular complexity index is 325. The van der Waals surface area contributed by atoms with Gasteiger partial charge in [-0.15, -0.1) is 0 Å². The van der Waals surface area contributed by atoms with Gasteiger partial charge in [0.05, 0.1) is 6.61 Å². The number of nitrogens with zero attached hydrogens (tertiary/aromatic N) is 2. The maximum Gasteiger partial charge on any atom is 0.218 e. The molecule has 1 N–H and O–H groups in total. The summed E-state index contributed by atoms with van der Waals surface area (Å²) in [6.45, 7) is 9.21. The number of ether oxygens (including phenoxy) is 1. The highest BCUT2D eigenvalue weighted by molar-refractivity contribution is 5.38. The minimum atomic E-state index is 0.607. The first-order valence-corrected chi connectivity index (χ1v) is 5.05. The van der Waals surface area contributed by atoms with Gasteiger partial charge in [-0.25, -0.2) is 9.97 Å². The van der Waals surface area contributed by atoms with Crippen molar-refractivity contribution in [2.75, 3.05) is 18.5 Å². The van der Waals surface area contributed by atoms with Crippen molar-refractivity contribution in [3.8, 4) is 5.88 Å². The maximum absolute atomic E-state index is 5.39. The molecule has 0 radical (unpaired) electrons. The van der Waals surface area contributed by atoms with Gasteiger partial charge in [0.2, 0.25) is 5.88 Å². The molecule has 15 heavy (non-hydrogen) atoms. The van der Waals surface area contributed by atoms with Gasteiger partial charge in [0.1, 0.15) is 12.1 Å². The Balaban J connectivity index is 2.53. The highest BCUT2D eigenvalue weighted by Gasteiger charge is 1.98. The van der Waals surface area contributed by atoms with Gasteiger partial charge < -0.3 is 10.1 Å². The van der Waals surface area contributed by atoms with Crippen LogP contribution >= 0.6 is 0 Å². The van der Waals surface area contributed by atoms with Crippen molar-refractivity contribution < 1.29 is 4.74 Å². The number of anilines is 1. The summed E-state index contributed by atoms with van der Waals surface area (Å²) in [6, 6.07) is 1.79. The van der Waals surface area contributed by atoms with E-state index >= 15 is 0 Å². The van der Waals surface area contributed by atoms with Crippen LogP contribution in [0.3, 0.4) is 0 Å². The normalized spacial score (nSPS) is 9.73. The molecule has 0 aliphatic carbocycles. The standard InChI is InChI=1S/C11H17N3O/c1-4-5-15-11-6-10(13-8-14-11)12-7-9(2)3/h6,8H,2,4-5,7H2,1,3H3,(H,12,13,14). The van der Waals surface area contributed by atoms with E-state index in [4.69, 9.17) is 4.74 Å². The Morgan fingerprint density at radius 3 is 3.00 bits per heavy atom. The average molecular weight is 207 g/mol. The molecule has 0 unspecified atom stereocenters. The molecular weight excluding hydrogens is 190 g/mol. The van der Waals surface area contributed by atoms with Crippen LogP contribution in [0.5, 0.6) is 5.88 Å². The zero-order valence-corrected chi connectivity index (χ0v) is 9.29. The predicted molar refractivity (Wildman–Crippen MR) is 61.1 cm³/mol. The smallest absolute Gasteiger partial charge is 0.218 e. The summed E-state index contributed by atoms with van der Waals surface area (Å²) in [5.41, 5.74) is 1.06. The Morgan fingerprint density at radius 2 is 2.33 bits per heavy atom. The number of rotatable bonds is 6. The van der Waals surface area contributed by atoms with Crippen molar-refractivity contribution in [2.45, 2.75) is 20.3 Å². The van der Waals surface area contributed by atoms with Gasteiger partial charge in [-0.05, 0) is 13.3 Å². The van der Waals surface area contributed by atoms with Crippen molar-refractivity contribution in [1.82, 2.24) is 9.97 Å². The van der Waals surface area contributed by atoms with E-state index in [1.807, 2.05) is 6.92 Å². The number of hydrogen-bond donors (Lipinski definition) is 1. The number of aromatic nitrogens is 2. The highest BCUT2D eigenvalue weighted by atomic mass is 16.5. The summed E-state index contributed by atoms with van der Waals surface area (Å²) < 4.78 is 5.39. The molecular formula is C11H17N3O. The van der Waals surface area contributed by atoms with Crippen LogP contribution in [0, 0.1) is 0 Å². The molecule has 1 aromatic rings. The molecule has 0 atom stereocenters. The van der Waals surface area contributed by atoms with Gasteiger partial charge in [-0.3, -0.25) is 0 Å². The van der Waals surface area contributed by atoms with Crippen LogP contribution in [0.4, 0.5) is 5.82 Å². The molecule has 4 nitrogen and oxygen atoms in total. The lowest BCUT2D eigenvalue weighted by molar-refractivity contribution is 0.305. The van der Waals surface area contributed by atoms with Gasteiger partial charge >= 0.3 is 0 Å². The summed E-state index contributed by atoms with van der Waals surface area (Å²) in [7, 11) is 0. The lowest BCUT2D eigenvalue weighted by Crippen LogP contribution is -2.05.